The lowest BCUT2D eigenvalue weighted by Crippen LogP contribution is -2.48. The molecule has 1 aromatic carbocycles. The van der Waals surface area contributed by atoms with Crippen LogP contribution in [0.5, 0.6) is 11.5 Å². The summed E-state index contributed by atoms with van der Waals surface area (Å²) in [6.45, 7) is 6.52. The lowest BCUT2D eigenvalue weighted by molar-refractivity contribution is -0.121. The largest absolute Gasteiger partial charge is 0.497 e. The standard InChI is InChI=1S/C24H36N2O3/c1-4-5-6-18-11-19-7-8-20(12-18)25(19)14-17(2)15-26-22-13-21(28-3)9-10-23(22)29-16-24(26)27/h9-10,13,17-20H,4-8,11-12,14-16H2,1-3H3. The highest BCUT2D eigenvalue weighted by Gasteiger charge is 2.41. The first-order chi connectivity index (χ1) is 14.1. The second-order valence-electron chi connectivity index (χ2n) is 9.29. The van der Waals surface area contributed by atoms with Gasteiger partial charge in [0.25, 0.3) is 5.91 Å². The minimum absolute atomic E-state index is 0.0406. The van der Waals surface area contributed by atoms with Gasteiger partial charge in [-0.05, 0) is 49.7 Å². The topological polar surface area (TPSA) is 42.0 Å². The molecule has 0 N–H and O–H groups in total. The molecular weight excluding hydrogens is 364 g/mol. The number of methoxy groups -OCH3 is 1. The van der Waals surface area contributed by atoms with Crippen LogP contribution in [0.4, 0.5) is 5.69 Å². The maximum absolute atomic E-state index is 12.6. The van der Waals surface area contributed by atoms with Gasteiger partial charge >= 0.3 is 0 Å². The van der Waals surface area contributed by atoms with Crippen molar-refractivity contribution < 1.29 is 14.3 Å². The Bertz CT molecular complexity index is 708. The molecule has 5 nitrogen and oxygen atoms in total. The summed E-state index contributed by atoms with van der Waals surface area (Å²) in [6, 6.07) is 7.22. The molecule has 3 atom stereocenters. The van der Waals surface area contributed by atoms with Gasteiger partial charge < -0.3 is 14.4 Å². The van der Waals surface area contributed by atoms with Crippen molar-refractivity contribution in [2.45, 2.75) is 70.9 Å². The molecule has 3 aliphatic rings. The van der Waals surface area contributed by atoms with E-state index in [9.17, 15) is 4.79 Å². The van der Waals surface area contributed by atoms with Crippen molar-refractivity contribution in [1.29, 1.82) is 0 Å². The minimum atomic E-state index is 0.0406. The summed E-state index contributed by atoms with van der Waals surface area (Å²) < 4.78 is 11.0. The molecule has 1 aromatic rings. The number of hydrogen-bond donors (Lipinski definition) is 0. The Morgan fingerprint density at radius 3 is 2.66 bits per heavy atom. The van der Waals surface area contributed by atoms with Crippen LogP contribution >= 0.6 is 0 Å². The SMILES string of the molecule is CCCCC1CC2CCC(C1)N2CC(C)CN1C(=O)COc2ccc(OC)cc21. The van der Waals surface area contributed by atoms with Crippen molar-refractivity contribution in [3.8, 4) is 11.5 Å². The number of rotatable bonds is 8. The summed E-state index contributed by atoms with van der Waals surface area (Å²) >= 11 is 0. The average Bonchev–Trinajstić information content (AvgIpc) is 2.95. The summed E-state index contributed by atoms with van der Waals surface area (Å²) in [5.74, 6) is 2.92. The highest BCUT2D eigenvalue weighted by molar-refractivity contribution is 5.98. The van der Waals surface area contributed by atoms with Gasteiger partial charge in [0, 0.05) is 31.2 Å². The Morgan fingerprint density at radius 2 is 1.97 bits per heavy atom. The highest BCUT2D eigenvalue weighted by Crippen LogP contribution is 2.41. The molecule has 3 heterocycles. The van der Waals surface area contributed by atoms with E-state index < -0.39 is 0 Å². The quantitative estimate of drug-likeness (QED) is 0.645. The fourth-order valence-electron chi connectivity index (χ4n) is 5.65. The van der Waals surface area contributed by atoms with Gasteiger partial charge in [0.15, 0.2) is 6.61 Å². The van der Waals surface area contributed by atoms with E-state index in [1.54, 1.807) is 7.11 Å². The van der Waals surface area contributed by atoms with Gasteiger partial charge in [-0.25, -0.2) is 0 Å². The van der Waals surface area contributed by atoms with Crippen molar-refractivity contribution in [3.05, 3.63) is 18.2 Å². The van der Waals surface area contributed by atoms with E-state index >= 15 is 0 Å². The van der Waals surface area contributed by atoms with Crippen LogP contribution < -0.4 is 14.4 Å². The van der Waals surface area contributed by atoms with Crippen molar-refractivity contribution in [2.24, 2.45) is 11.8 Å². The zero-order chi connectivity index (χ0) is 20.4. The molecule has 0 aromatic heterocycles. The van der Waals surface area contributed by atoms with E-state index in [0.29, 0.717) is 5.92 Å². The van der Waals surface area contributed by atoms with Crippen LogP contribution in [0.3, 0.4) is 0 Å². The van der Waals surface area contributed by atoms with Crippen LogP contribution in [0.15, 0.2) is 18.2 Å². The number of benzene rings is 1. The fraction of sp³-hybridized carbons (Fsp3) is 0.708. The number of hydrogen-bond acceptors (Lipinski definition) is 4. The Balaban J connectivity index is 1.39. The normalized spacial score (nSPS) is 27.5. The lowest BCUT2D eigenvalue weighted by atomic mass is 9.86. The van der Waals surface area contributed by atoms with E-state index in [2.05, 4.69) is 18.7 Å². The molecular formula is C24H36N2O3. The third-order valence-corrected chi connectivity index (χ3v) is 7.07. The van der Waals surface area contributed by atoms with E-state index in [4.69, 9.17) is 9.47 Å². The molecule has 29 heavy (non-hydrogen) atoms. The Labute approximate surface area is 175 Å². The molecule has 5 heteroatoms. The van der Waals surface area contributed by atoms with Crippen molar-refractivity contribution in [3.63, 3.8) is 0 Å². The number of amides is 1. The second kappa shape index (κ2) is 8.95. The zero-order valence-corrected chi connectivity index (χ0v) is 18.2. The van der Waals surface area contributed by atoms with Gasteiger partial charge in [-0.2, -0.15) is 0 Å². The maximum atomic E-state index is 12.6. The summed E-state index contributed by atoms with van der Waals surface area (Å²) in [7, 11) is 1.65. The number of fused-ring (bicyclic) bond motifs is 3. The fourth-order valence-corrected chi connectivity index (χ4v) is 5.65. The Kier molecular flexibility index (Phi) is 6.33. The molecule has 4 rings (SSSR count). The van der Waals surface area contributed by atoms with E-state index in [1.165, 1.54) is 44.9 Å². The molecule has 2 fully saturated rings. The molecule has 0 aliphatic carbocycles. The number of anilines is 1. The molecule has 1 amide bonds. The Hall–Kier alpha value is -1.75. The predicted molar refractivity (Wildman–Crippen MR) is 116 cm³/mol. The maximum Gasteiger partial charge on any atom is 0.265 e. The van der Waals surface area contributed by atoms with Crippen LogP contribution in [0, 0.1) is 11.8 Å². The third-order valence-electron chi connectivity index (χ3n) is 7.07. The number of unbranched alkanes of at least 4 members (excludes halogenated alkanes) is 1. The summed E-state index contributed by atoms with van der Waals surface area (Å²) in [6.07, 6.45) is 9.56. The van der Waals surface area contributed by atoms with Gasteiger partial charge in [0.05, 0.1) is 12.8 Å². The van der Waals surface area contributed by atoms with Crippen LogP contribution in [-0.2, 0) is 4.79 Å². The van der Waals surface area contributed by atoms with Gasteiger partial charge in [-0.15, -0.1) is 0 Å². The summed E-state index contributed by atoms with van der Waals surface area (Å²) in [5.41, 5.74) is 0.841. The van der Waals surface area contributed by atoms with E-state index in [1.807, 2.05) is 23.1 Å². The van der Waals surface area contributed by atoms with Gasteiger partial charge in [0.2, 0.25) is 0 Å². The smallest absolute Gasteiger partial charge is 0.265 e. The molecule has 3 aliphatic heterocycles. The molecule has 2 bridgehead atoms. The first-order valence-electron chi connectivity index (χ1n) is 11.5. The average molecular weight is 401 g/mol. The lowest BCUT2D eigenvalue weighted by Gasteiger charge is -2.41. The van der Waals surface area contributed by atoms with Crippen LogP contribution in [-0.4, -0.2) is 49.7 Å². The first-order valence-corrected chi connectivity index (χ1v) is 11.5. The molecule has 2 saturated heterocycles. The first kappa shape index (κ1) is 20.5. The van der Waals surface area contributed by atoms with E-state index in [0.717, 1.165) is 48.3 Å². The Morgan fingerprint density at radius 1 is 1.21 bits per heavy atom. The predicted octanol–water partition coefficient (Wildman–Crippen LogP) is 4.49. The van der Waals surface area contributed by atoms with Gasteiger partial charge in [-0.1, -0.05) is 33.1 Å². The molecule has 0 saturated carbocycles. The highest BCUT2D eigenvalue weighted by atomic mass is 16.5. The molecule has 3 unspecified atom stereocenters. The molecule has 0 spiro atoms. The number of ether oxygens (including phenoxy) is 2. The van der Waals surface area contributed by atoms with Crippen molar-refractivity contribution >= 4 is 11.6 Å². The van der Waals surface area contributed by atoms with Crippen LogP contribution in [0.25, 0.3) is 0 Å². The summed E-state index contributed by atoms with van der Waals surface area (Å²) in [4.78, 5) is 17.3. The van der Waals surface area contributed by atoms with Crippen molar-refractivity contribution in [1.82, 2.24) is 4.90 Å². The molecule has 0 radical (unpaired) electrons. The number of piperidine rings is 1. The molecule has 160 valence electrons. The minimum Gasteiger partial charge on any atom is -0.497 e. The summed E-state index contributed by atoms with van der Waals surface area (Å²) in [5, 5.41) is 0. The van der Waals surface area contributed by atoms with E-state index in [-0.39, 0.29) is 12.5 Å². The number of nitrogens with zero attached hydrogens (tertiary/aromatic N) is 2. The number of carbonyl (C=O) groups excluding carboxylic acids is 1. The van der Waals surface area contributed by atoms with Gasteiger partial charge in [0.1, 0.15) is 11.5 Å². The zero-order valence-electron chi connectivity index (χ0n) is 18.2. The third kappa shape index (κ3) is 4.40. The monoisotopic (exact) mass is 400 g/mol. The van der Waals surface area contributed by atoms with Crippen LogP contribution in [0.1, 0.15) is 58.8 Å². The van der Waals surface area contributed by atoms with Gasteiger partial charge in [-0.3, -0.25) is 9.69 Å². The second-order valence-corrected chi connectivity index (χ2v) is 9.29. The van der Waals surface area contributed by atoms with Crippen LogP contribution in [0.2, 0.25) is 0 Å². The number of carbonyl (C=O) groups is 1. The van der Waals surface area contributed by atoms with Crippen molar-refractivity contribution in [2.75, 3.05) is 31.7 Å².